The normalized spacial score (nSPS) is 11.4. The molecular formula is C27H21ClN6O2. The molecule has 0 saturated carbocycles. The molecule has 4 heterocycles. The van der Waals surface area contributed by atoms with Crippen molar-refractivity contribution in [3.8, 4) is 0 Å². The minimum absolute atomic E-state index is 0.0138. The Bertz CT molecular complexity index is 1740. The quantitative estimate of drug-likeness (QED) is 0.331. The first-order valence-electron chi connectivity index (χ1n) is 11.4. The highest BCUT2D eigenvalue weighted by Gasteiger charge is 2.11. The molecule has 36 heavy (non-hydrogen) atoms. The van der Waals surface area contributed by atoms with Crippen LogP contribution in [0.15, 0.2) is 94.7 Å². The maximum absolute atomic E-state index is 11.9. The number of benzene rings is 2. The summed E-state index contributed by atoms with van der Waals surface area (Å²) in [7, 11) is 0. The molecule has 0 spiro atoms. The summed E-state index contributed by atoms with van der Waals surface area (Å²) < 4.78 is 9.43. The SMILES string of the molecule is O=c1ccccn1Cc1ccc(Cn2cc3c(NCc4cc5ccc(Cl)cc5o4)ncnc3n2)cc1. The summed E-state index contributed by atoms with van der Waals surface area (Å²) in [6, 6.07) is 20.9. The number of fused-ring (bicyclic) bond motifs is 2. The molecule has 9 heteroatoms. The molecule has 2 aromatic carbocycles. The van der Waals surface area contributed by atoms with Gasteiger partial charge < -0.3 is 14.3 Å². The molecule has 0 aliphatic rings. The highest BCUT2D eigenvalue weighted by molar-refractivity contribution is 6.31. The summed E-state index contributed by atoms with van der Waals surface area (Å²) in [6.45, 7) is 1.59. The zero-order valence-corrected chi connectivity index (χ0v) is 19.9. The van der Waals surface area contributed by atoms with Crippen LogP contribution >= 0.6 is 11.6 Å². The van der Waals surface area contributed by atoms with E-state index < -0.39 is 0 Å². The number of pyridine rings is 1. The Morgan fingerprint density at radius 3 is 2.61 bits per heavy atom. The van der Waals surface area contributed by atoms with Crippen molar-refractivity contribution < 1.29 is 4.42 Å². The standard InChI is InChI=1S/C27H21ClN6O2/c28-21-9-8-20-11-22(36-24(20)12-21)13-29-26-23-16-34(32-27(23)31-17-30-26)15-19-6-4-18(5-7-19)14-33-10-2-1-3-25(33)35/h1-12,16-17H,13-15H2,(H,29,30,31,32). The predicted octanol–water partition coefficient (Wildman–Crippen LogP) is 5.10. The van der Waals surface area contributed by atoms with Crippen molar-refractivity contribution in [2.75, 3.05) is 5.32 Å². The monoisotopic (exact) mass is 496 g/mol. The summed E-state index contributed by atoms with van der Waals surface area (Å²) in [5, 5.41) is 10.4. The van der Waals surface area contributed by atoms with Crippen molar-refractivity contribution in [3.05, 3.63) is 118 Å². The van der Waals surface area contributed by atoms with E-state index in [1.54, 1.807) is 29.0 Å². The topological polar surface area (TPSA) is 90.8 Å². The van der Waals surface area contributed by atoms with Crippen LogP contribution in [0.4, 0.5) is 5.82 Å². The molecule has 0 saturated heterocycles. The van der Waals surface area contributed by atoms with Gasteiger partial charge in [-0.2, -0.15) is 5.10 Å². The first kappa shape index (κ1) is 22.1. The lowest BCUT2D eigenvalue weighted by Gasteiger charge is -2.07. The van der Waals surface area contributed by atoms with Gasteiger partial charge in [0.25, 0.3) is 5.56 Å². The maximum Gasteiger partial charge on any atom is 0.250 e. The third-order valence-electron chi connectivity index (χ3n) is 5.95. The van der Waals surface area contributed by atoms with Gasteiger partial charge in [0.2, 0.25) is 0 Å². The van der Waals surface area contributed by atoms with Crippen molar-refractivity contribution in [3.63, 3.8) is 0 Å². The molecule has 178 valence electrons. The van der Waals surface area contributed by atoms with Crippen LogP contribution in [0.3, 0.4) is 0 Å². The molecule has 0 amide bonds. The Labute approximate surface area is 210 Å². The highest BCUT2D eigenvalue weighted by atomic mass is 35.5. The summed E-state index contributed by atoms with van der Waals surface area (Å²) in [5.74, 6) is 1.47. The zero-order chi connectivity index (χ0) is 24.5. The number of aromatic nitrogens is 5. The van der Waals surface area contributed by atoms with Gasteiger partial charge in [-0.05, 0) is 35.4 Å². The number of anilines is 1. The summed E-state index contributed by atoms with van der Waals surface area (Å²) in [6.07, 6.45) is 5.23. The summed E-state index contributed by atoms with van der Waals surface area (Å²) in [4.78, 5) is 20.7. The lowest BCUT2D eigenvalue weighted by Crippen LogP contribution is -2.18. The van der Waals surface area contributed by atoms with E-state index in [4.69, 9.17) is 16.0 Å². The minimum Gasteiger partial charge on any atom is -0.459 e. The van der Waals surface area contributed by atoms with Gasteiger partial charge in [-0.1, -0.05) is 41.9 Å². The Kier molecular flexibility index (Phi) is 5.71. The van der Waals surface area contributed by atoms with Gasteiger partial charge in [0.15, 0.2) is 5.65 Å². The highest BCUT2D eigenvalue weighted by Crippen LogP contribution is 2.24. The minimum atomic E-state index is -0.0138. The van der Waals surface area contributed by atoms with Crippen LogP contribution in [0, 0.1) is 0 Å². The molecule has 0 unspecified atom stereocenters. The average molecular weight is 497 g/mol. The largest absolute Gasteiger partial charge is 0.459 e. The van der Waals surface area contributed by atoms with E-state index >= 15 is 0 Å². The second-order valence-corrected chi connectivity index (χ2v) is 8.95. The number of nitrogens with one attached hydrogen (secondary N) is 1. The molecule has 1 N–H and O–H groups in total. The van der Waals surface area contributed by atoms with Gasteiger partial charge in [0.1, 0.15) is 23.5 Å². The number of halogens is 1. The fraction of sp³-hybridized carbons (Fsp3) is 0.111. The van der Waals surface area contributed by atoms with Crippen LogP contribution in [-0.2, 0) is 19.6 Å². The van der Waals surface area contributed by atoms with Gasteiger partial charge in [0, 0.05) is 34.9 Å². The van der Waals surface area contributed by atoms with Crippen LogP contribution in [0.5, 0.6) is 0 Å². The first-order valence-corrected chi connectivity index (χ1v) is 11.8. The van der Waals surface area contributed by atoms with Gasteiger partial charge in [0.05, 0.1) is 25.0 Å². The van der Waals surface area contributed by atoms with Crippen molar-refractivity contribution in [2.45, 2.75) is 19.6 Å². The molecule has 0 atom stereocenters. The maximum atomic E-state index is 11.9. The second kappa shape index (κ2) is 9.31. The van der Waals surface area contributed by atoms with Crippen molar-refractivity contribution >= 4 is 39.4 Å². The molecule has 4 aromatic heterocycles. The molecule has 6 rings (SSSR count). The Hall–Kier alpha value is -4.43. The molecule has 0 aliphatic heterocycles. The fourth-order valence-corrected chi connectivity index (χ4v) is 4.31. The van der Waals surface area contributed by atoms with Gasteiger partial charge in [-0.25, -0.2) is 9.97 Å². The van der Waals surface area contributed by atoms with Crippen molar-refractivity contribution in [1.29, 1.82) is 0 Å². The average Bonchev–Trinajstić information content (AvgIpc) is 3.48. The number of rotatable bonds is 7. The fourth-order valence-electron chi connectivity index (χ4n) is 4.15. The van der Waals surface area contributed by atoms with E-state index in [1.807, 2.05) is 59.4 Å². The summed E-state index contributed by atoms with van der Waals surface area (Å²) in [5.41, 5.74) is 3.50. The van der Waals surface area contributed by atoms with Crippen molar-refractivity contribution in [1.82, 2.24) is 24.3 Å². The molecule has 6 aromatic rings. The number of hydrogen-bond acceptors (Lipinski definition) is 6. The molecule has 8 nitrogen and oxygen atoms in total. The zero-order valence-electron chi connectivity index (χ0n) is 19.1. The number of nitrogens with zero attached hydrogens (tertiary/aromatic N) is 5. The Balaban J connectivity index is 1.16. The van der Waals surface area contributed by atoms with Gasteiger partial charge >= 0.3 is 0 Å². The Morgan fingerprint density at radius 2 is 1.78 bits per heavy atom. The summed E-state index contributed by atoms with van der Waals surface area (Å²) >= 11 is 6.06. The molecular weight excluding hydrogens is 476 g/mol. The third kappa shape index (κ3) is 4.58. The van der Waals surface area contributed by atoms with E-state index in [-0.39, 0.29) is 5.56 Å². The first-order chi connectivity index (χ1) is 17.6. The van der Waals surface area contributed by atoms with E-state index in [0.717, 1.165) is 33.2 Å². The van der Waals surface area contributed by atoms with Crippen LogP contribution < -0.4 is 10.9 Å². The van der Waals surface area contributed by atoms with Crippen LogP contribution in [0.2, 0.25) is 5.02 Å². The predicted molar refractivity (Wildman–Crippen MR) is 139 cm³/mol. The van der Waals surface area contributed by atoms with Crippen LogP contribution in [-0.4, -0.2) is 24.3 Å². The van der Waals surface area contributed by atoms with Gasteiger partial charge in [-0.3, -0.25) is 9.48 Å². The lowest BCUT2D eigenvalue weighted by molar-refractivity contribution is 0.559. The molecule has 0 bridgehead atoms. The lowest BCUT2D eigenvalue weighted by atomic mass is 10.1. The molecule has 0 aliphatic carbocycles. The third-order valence-corrected chi connectivity index (χ3v) is 6.18. The number of hydrogen-bond donors (Lipinski definition) is 1. The molecule has 0 radical (unpaired) electrons. The van der Waals surface area contributed by atoms with E-state index in [0.29, 0.717) is 36.1 Å². The van der Waals surface area contributed by atoms with Crippen molar-refractivity contribution in [2.24, 2.45) is 0 Å². The van der Waals surface area contributed by atoms with E-state index in [2.05, 4.69) is 20.4 Å². The Morgan fingerprint density at radius 1 is 0.944 bits per heavy atom. The smallest absolute Gasteiger partial charge is 0.250 e. The van der Waals surface area contributed by atoms with E-state index in [1.165, 1.54) is 6.33 Å². The van der Waals surface area contributed by atoms with Crippen LogP contribution in [0.25, 0.3) is 22.0 Å². The van der Waals surface area contributed by atoms with Gasteiger partial charge in [-0.15, -0.1) is 0 Å². The number of furan rings is 1. The second-order valence-electron chi connectivity index (χ2n) is 8.52. The van der Waals surface area contributed by atoms with Crippen LogP contribution in [0.1, 0.15) is 16.9 Å². The molecule has 0 fully saturated rings. The van der Waals surface area contributed by atoms with E-state index in [9.17, 15) is 4.79 Å².